The Balaban J connectivity index is 1.29. The molecular weight excluding hydrogens is 306 g/mol. The number of hydrogen-bond acceptors (Lipinski definition) is 6. The minimum absolute atomic E-state index is 0.680. The normalized spacial score (nSPS) is 27.3. The Kier molecular flexibility index (Phi) is 3.25. The second-order valence-electron chi connectivity index (χ2n) is 7.07. The van der Waals surface area contributed by atoms with E-state index in [4.69, 9.17) is 0 Å². The standard InChI is InChI=1S/C17H21N5S/c1-2-12(3-1)15-6-16(20-11-19-15)21-7-13-9-22(10-14(13)8-21)17-18-4-5-23-17/h4-6,11-14H,1-3,7-10H2. The highest BCUT2D eigenvalue weighted by Gasteiger charge is 2.41. The van der Waals surface area contributed by atoms with Gasteiger partial charge in [0, 0.05) is 67.3 Å². The molecule has 1 saturated carbocycles. The van der Waals surface area contributed by atoms with E-state index in [1.54, 1.807) is 17.7 Å². The van der Waals surface area contributed by atoms with E-state index >= 15 is 0 Å². The highest BCUT2D eigenvalue weighted by atomic mass is 32.1. The average molecular weight is 327 g/mol. The highest BCUT2D eigenvalue weighted by Crippen LogP contribution is 2.38. The fourth-order valence-electron chi connectivity index (χ4n) is 4.17. The number of nitrogens with zero attached hydrogens (tertiary/aromatic N) is 5. The van der Waals surface area contributed by atoms with Crippen LogP contribution in [0, 0.1) is 11.8 Å². The van der Waals surface area contributed by atoms with Crippen LogP contribution < -0.4 is 9.80 Å². The van der Waals surface area contributed by atoms with Gasteiger partial charge < -0.3 is 9.80 Å². The van der Waals surface area contributed by atoms with Crippen LogP contribution in [0.25, 0.3) is 0 Å². The van der Waals surface area contributed by atoms with Crippen molar-refractivity contribution in [2.24, 2.45) is 11.8 Å². The zero-order valence-corrected chi connectivity index (χ0v) is 14.0. The molecule has 3 aliphatic rings. The summed E-state index contributed by atoms with van der Waals surface area (Å²) in [5.41, 5.74) is 1.25. The van der Waals surface area contributed by atoms with Crippen molar-refractivity contribution in [1.29, 1.82) is 0 Å². The molecule has 120 valence electrons. The van der Waals surface area contributed by atoms with Gasteiger partial charge in [0.15, 0.2) is 5.13 Å². The first kappa shape index (κ1) is 13.7. The van der Waals surface area contributed by atoms with Crippen LogP contribution in [0.2, 0.25) is 0 Å². The van der Waals surface area contributed by atoms with Crippen LogP contribution in [0.1, 0.15) is 30.9 Å². The molecule has 0 N–H and O–H groups in total. The third kappa shape index (κ3) is 2.40. The molecule has 1 aliphatic carbocycles. The summed E-state index contributed by atoms with van der Waals surface area (Å²) in [6.07, 6.45) is 7.61. The van der Waals surface area contributed by atoms with Gasteiger partial charge in [-0.1, -0.05) is 6.42 Å². The molecule has 0 spiro atoms. The molecule has 0 aromatic carbocycles. The van der Waals surface area contributed by atoms with Crippen molar-refractivity contribution in [3.8, 4) is 0 Å². The summed E-state index contributed by atoms with van der Waals surface area (Å²) < 4.78 is 0. The van der Waals surface area contributed by atoms with Gasteiger partial charge in [0.1, 0.15) is 12.1 Å². The molecule has 5 rings (SSSR count). The van der Waals surface area contributed by atoms with Gasteiger partial charge in [0.25, 0.3) is 0 Å². The molecule has 4 heterocycles. The molecule has 3 fully saturated rings. The second kappa shape index (κ2) is 5.44. The van der Waals surface area contributed by atoms with Crippen molar-refractivity contribution >= 4 is 22.3 Å². The molecular formula is C17H21N5S. The molecule has 5 nitrogen and oxygen atoms in total. The highest BCUT2D eigenvalue weighted by molar-refractivity contribution is 7.13. The van der Waals surface area contributed by atoms with Crippen LogP contribution in [-0.4, -0.2) is 41.1 Å². The minimum Gasteiger partial charge on any atom is -0.356 e. The van der Waals surface area contributed by atoms with Gasteiger partial charge in [0.05, 0.1) is 0 Å². The summed E-state index contributed by atoms with van der Waals surface area (Å²) >= 11 is 1.75. The molecule has 2 aromatic heterocycles. The summed E-state index contributed by atoms with van der Waals surface area (Å²) in [5, 5.41) is 3.25. The first-order valence-corrected chi connectivity index (χ1v) is 9.46. The van der Waals surface area contributed by atoms with E-state index in [-0.39, 0.29) is 0 Å². The number of anilines is 2. The topological polar surface area (TPSA) is 45.2 Å². The van der Waals surface area contributed by atoms with Crippen LogP contribution in [0.5, 0.6) is 0 Å². The summed E-state index contributed by atoms with van der Waals surface area (Å²) in [6, 6.07) is 2.24. The van der Waals surface area contributed by atoms with Gasteiger partial charge in [0.2, 0.25) is 0 Å². The van der Waals surface area contributed by atoms with Crippen molar-refractivity contribution in [2.75, 3.05) is 36.0 Å². The molecule has 0 bridgehead atoms. The Hall–Kier alpha value is -1.69. The van der Waals surface area contributed by atoms with Gasteiger partial charge in [-0.3, -0.25) is 0 Å². The van der Waals surface area contributed by atoms with Crippen LogP contribution in [0.4, 0.5) is 10.9 Å². The third-order valence-electron chi connectivity index (χ3n) is 5.70. The van der Waals surface area contributed by atoms with Crippen LogP contribution >= 0.6 is 11.3 Å². The molecule has 2 aromatic rings. The number of hydrogen-bond donors (Lipinski definition) is 0. The van der Waals surface area contributed by atoms with E-state index in [0.717, 1.165) is 43.8 Å². The van der Waals surface area contributed by atoms with E-state index < -0.39 is 0 Å². The number of rotatable bonds is 3. The van der Waals surface area contributed by atoms with Gasteiger partial charge in [-0.25, -0.2) is 15.0 Å². The maximum atomic E-state index is 4.55. The van der Waals surface area contributed by atoms with E-state index in [2.05, 4.69) is 36.2 Å². The van der Waals surface area contributed by atoms with E-state index in [0.29, 0.717) is 5.92 Å². The lowest BCUT2D eigenvalue weighted by Gasteiger charge is -2.26. The van der Waals surface area contributed by atoms with E-state index in [9.17, 15) is 0 Å². The summed E-state index contributed by atoms with van der Waals surface area (Å²) in [6.45, 7) is 4.51. The quantitative estimate of drug-likeness (QED) is 0.867. The second-order valence-corrected chi connectivity index (χ2v) is 7.95. The van der Waals surface area contributed by atoms with Crippen molar-refractivity contribution in [1.82, 2.24) is 15.0 Å². The summed E-state index contributed by atoms with van der Waals surface area (Å²) in [5.74, 6) is 3.29. The number of aromatic nitrogens is 3. The lowest BCUT2D eigenvalue weighted by atomic mass is 9.83. The maximum Gasteiger partial charge on any atom is 0.185 e. The predicted octanol–water partition coefficient (Wildman–Crippen LogP) is 2.77. The first-order valence-electron chi connectivity index (χ1n) is 8.58. The predicted molar refractivity (Wildman–Crippen MR) is 92.1 cm³/mol. The number of fused-ring (bicyclic) bond motifs is 1. The van der Waals surface area contributed by atoms with Crippen LogP contribution in [-0.2, 0) is 0 Å². The molecule has 23 heavy (non-hydrogen) atoms. The Labute approximate surface area is 140 Å². The Bertz CT molecular complexity index is 670. The van der Waals surface area contributed by atoms with Crippen molar-refractivity contribution in [3.63, 3.8) is 0 Å². The fourth-order valence-corrected chi connectivity index (χ4v) is 4.83. The molecule has 2 aliphatic heterocycles. The van der Waals surface area contributed by atoms with E-state index in [1.165, 1.54) is 30.1 Å². The third-order valence-corrected chi connectivity index (χ3v) is 6.53. The monoisotopic (exact) mass is 327 g/mol. The summed E-state index contributed by atoms with van der Waals surface area (Å²) in [7, 11) is 0. The number of thiazole rings is 1. The molecule has 0 amide bonds. The van der Waals surface area contributed by atoms with Crippen LogP contribution in [0.15, 0.2) is 24.0 Å². The van der Waals surface area contributed by atoms with Gasteiger partial charge >= 0.3 is 0 Å². The zero-order chi connectivity index (χ0) is 15.2. The van der Waals surface area contributed by atoms with E-state index in [1.807, 2.05) is 6.20 Å². The Morgan fingerprint density at radius 2 is 1.74 bits per heavy atom. The Morgan fingerprint density at radius 3 is 2.39 bits per heavy atom. The average Bonchev–Trinajstić information content (AvgIpc) is 3.21. The first-order chi connectivity index (χ1) is 11.4. The smallest absolute Gasteiger partial charge is 0.185 e. The Morgan fingerprint density at radius 1 is 0.957 bits per heavy atom. The molecule has 6 heteroatoms. The van der Waals surface area contributed by atoms with Gasteiger partial charge in [-0.15, -0.1) is 11.3 Å². The minimum atomic E-state index is 0.680. The van der Waals surface area contributed by atoms with Crippen molar-refractivity contribution < 1.29 is 0 Å². The van der Waals surface area contributed by atoms with Crippen LogP contribution in [0.3, 0.4) is 0 Å². The molecule has 2 saturated heterocycles. The largest absolute Gasteiger partial charge is 0.356 e. The molecule has 0 radical (unpaired) electrons. The lowest BCUT2D eigenvalue weighted by Crippen LogP contribution is -2.29. The van der Waals surface area contributed by atoms with Crippen molar-refractivity contribution in [2.45, 2.75) is 25.2 Å². The van der Waals surface area contributed by atoms with Crippen molar-refractivity contribution in [3.05, 3.63) is 29.7 Å². The maximum absolute atomic E-state index is 4.55. The lowest BCUT2D eigenvalue weighted by molar-refractivity contribution is 0.410. The zero-order valence-electron chi connectivity index (χ0n) is 13.1. The summed E-state index contributed by atoms with van der Waals surface area (Å²) in [4.78, 5) is 18.4. The van der Waals surface area contributed by atoms with Gasteiger partial charge in [-0.05, 0) is 12.8 Å². The molecule has 2 atom stereocenters. The fraction of sp³-hybridized carbons (Fsp3) is 0.588. The SMILES string of the molecule is c1nc(C2CCC2)cc(N2CC3CN(c4nccs4)CC3C2)n1. The molecule has 2 unspecified atom stereocenters. The van der Waals surface area contributed by atoms with Gasteiger partial charge in [-0.2, -0.15) is 0 Å².